The van der Waals surface area contributed by atoms with Gasteiger partial charge in [-0.2, -0.15) is 10.2 Å². The number of hydrogen-bond donors (Lipinski definition) is 1. The van der Waals surface area contributed by atoms with Gasteiger partial charge in [0.15, 0.2) is 0 Å². The number of aromatic nitrogens is 2. The summed E-state index contributed by atoms with van der Waals surface area (Å²) in [5.74, 6) is 1.67. The Kier molecular flexibility index (Phi) is 3.42. The lowest BCUT2D eigenvalue weighted by Crippen LogP contribution is -1.98. The molecule has 2 aromatic heterocycles. The molecule has 0 aliphatic carbocycles. The first-order valence-electron chi connectivity index (χ1n) is 6.33. The van der Waals surface area contributed by atoms with Crippen LogP contribution >= 0.6 is 11.3 Å². The summed E-state index contributed by atoms with van der Waals surface area (Å²) in [7, 11) is 1.77. The van der Waals surface area contributed by atoms with Crippen molar-refractivity contribution in [3.05, 3.63) is 40.8 Å². The predicted octanol–water partition coefficient (Wildman–Crippen LogP) is 3.71. The summed E-state index contributed by atoms with van der Waals surface area (Å²) in [6.07, 6.45) is 0. The molecule has 21 heavy (non-hydrogen) atoms. The zero-order valence-corrected chi connectivity index (χ0v) is 12.4. The Morgan fingerprint density at radius 1 is 1.24 bits per heavy atom. The van der Waals surface area contributed by atoms with Crippen molar-refractivity contribution >= 4 is 27.5 Å². The van der Waals surface area contributed by atoms with Gasteiger partial charge in [0.1, 0.15) is 10.6 Å². The van der Waals surface area contributed by atoms with Gasteiger partial charge in [0.2, 0.25) is 11.8 Å². The van der Waals surface area contributed by atoms with Crippen LogP contribution in [-0.2, 0) is 0 Å². The van der Waals surface area contributed by atoms with Crippen molar-refractivity contribution < 1.29 is 4.74 Å². The SMILES string of the molecule is CNc1nc(Oc2ccc(C#N)cc2)c2cc(C)sc2n1. The lowest BCUT2D eigenvalue weighted by Gasteiger charge is -2.07. The van der Waals surface area contributed by atoms with Crippen molar-refractivity contribution in [2.24, 2.45) is 0 Å². The Bertz CT molecular complexity index is 833. The smallest absolute Gasteiger partial charge is 0.232 e. The van der Waals surface area contributed by atoms with E-state index in [2.05, 4.69) is 21.4 Å². The van der Waals surface area contributed by atoms with Gasteiger partial charge < -0.3 is 10.1 Å². The van der Waals surface area contributed by atoms with Crippen LogP contribution in [0, 0.1) is 18.3 Å². The van der Waals surface area contributed by atoms with Crippen molar-refractivity contribution in [2.45, 2.75) is 6.92 Å². The van der Waals surface area contributed by atoms with E-state index in [-0.39, 0.29) is 0 Å². The summed E-state index contributed by atoms with van der Waals surface area (Å²) in [5.41, 5.74) is 0.595. The van der Waals surface area contributed by atoms with Crippen LogP contribution in [0.5, 0.6) is 11.6 Å². The van der Waals surface area contributed by atoms with E-state index in [4.69, 9.17) is 10.00 Å². The third-order valence-corrected chi connectivity index (χ3v) is 3.85. The predicted molar refractivity (Wildman–Crippen MR) is 82.9 cm³/mol. The molecular weight excluding hydrogens is 284 g/mol. The normalized spacial score (nSPS) is 10.3. The minimum Gasteiger partial charge on any atom is -0.438 e. The number of nitrogens with one attached hydrogen (secondary N) is 1. The number of anilines is 1. The molecule has 5 nitrogen and oxygen atoms in total. The Balaban J connectivity index is 2.03. The minimum absolute atomic E-state index is 0.512. The number of fused-ring (bicyclic) bond motifs is 1. The van der Waals surface area contributed by atoms with Gasteiger partial charge >= 0.3 is 0 Å². The molecule has 0 saturated heterocycles. The summed E-state index contributed by atoms with van der Waals surface area (Å²) in [6, 6.07) is 11.0. The van der Waals surface area contributed by atoms with Crippen LogP contribution in [0.25, 0.3) is 10.2 Å². The summed E-state index contributed by atoms with van der Waals surface area (Å²) in [5, 5.41) is 12.6. The van der Waals surface area contributed by atoms with Crippen molar-refractivity contribution in [3.63, 3.8) is 0 Å². The van der Waals surface area contributed by atoms with Crippen LogP contribution in [0.15, 0.2) is 30.3 Å². The molecule has 0 fully saturated rings. The van der Waals surface area contributed by atoms with Gasteiger partial charge in [-0.1, -0.05) is 0 Å². The first kappa shape index (κ1) is 13.3. The molecule has 6 heteroatoms. The van der Waals surface area contributed by atoms with E-state index >= 15 is 0 Å². The molecule has 0 bridgehead atoms. The number of thiophene rings is 1. The van der Waals surface area contributed by atoms with Crippen LogP contribution in [0.4, 0.5) is 5.95 Å². The van der Waals surface area contributed by atoms with Gasteiger partial charge in [-0.05, 0) is 37.3 Å². The highest BCUT2D eigenvalue weighted by atomic mass is 32.1. The minimum atomic E-state index is 0.512. The van der Waals surface area contributed by atoms with E-state index in [9.17, 15) is 0 Å². The van der Waals surface area contributed by atoms with Crippen LogP contribution in [-0.4, -0.2) is 17.0 Å². The van der Waals surface area contributed by atoms with Crippen LogP contribution in [0.2, 0.25) is 0 Å². The van der Waals surface area contributed by atoms with E-state index in [1.165, 1.54) is 0 Å². The molecule has 3 aromatic rings. The second-order valence-electron chi connectivity index (χ2n) is 4.42. The fraction of sp³-hybridized carbons (Fsp3) is 0.133. The Labute approximate surface area is 125 Å². The molecule has 0 radical (unpaired) electrons. The Morgan fingerprint density at radius 3 is 2.67 bits per heavy atom. The van der Waals surface area contributed by atoms with Crippen molar-refractivity contribution in [2.75, 3.05) is 12.4 Å². The second-order valence-corrected chi connectivity index (χ2v) is 5.65. The molecule has 0 amide bonds. The van der Waals surface area contributed by atoms with Gasteiger partial charge in [-0.25, -0.2) is 4.98 Å². The van der Waals surface area contributed by atoms with Crippen LogP contribution < -0.4 is 10.1 Å². The zero-order chi connectivity index (χ0) is 14.8. The van der Waals surface area contributed by atoms with Gasteiger partial charge in [0.25, 0.3) is 0 Å². The Hall–Kier alpha value is -2.65. The second kappa shape index (κ2) is 5.38. The van der Waals surface area contributed by atoms with Gasteiger partial charge in [0, 0.05) is 11.9 Å². The standard InChI is InChI=1S/C15H12N4OS/c1-9-7-12-13(18-15(17-2)19-14(12)21-9)20-11-5-3-10(8-16)4-6-11/h3-7H,1-2H3,(H,17,18,19). The molecule has 1 aromatic carbocycles. The van der Waals surface area contributed by atoms with E-state index in [1.807, 2.05) is 13.0 Å². The first-order chi connectivity index (χ1) is 10.2. The zero-order valence-electron chi connectivity index (χ0n) is 11.5. The number of benzene rings is 1. The monoisotopic (exact) mass is 296 g/mol. The maximum absolute atomic E-state index is 8.81. The number of hydrogen-bond acceptors (Lipinski definition) is 6. The van der Waals surface area contributed by atoms with Crippen LogP contribution in [0.3, 0.4) is 0 Å². The maximum Gasteiger partial charge on any atom is 0.232 e. The van der Waals surface area contributed by atoms with Crippen molar-refractivity contribution in [1.82, 2.24) is 9.97 Å². The van der Waals surface area contributed by atoms with E-state index in [1.54, 1.807) is 42.6 Å². The quantitative estimate of drug-likeness (QED) is 0.798. The van der Waals surface area contributed by atoms with Gasteiger partial charge in [-0.3, -0.25) is 0 Å². The van der Waals surface area contributed by atoms with Gasteiger partial charge in [-0.15, -0.1) is 11.3 Å². The molecule has 0 atom stereocenters. The largest absolute Gasteiger partial charge is 0.438 e. The average molecular weight is 296 g/mol. The van der Waals surface area contributed by atoms with Crippen molar-refractivity contribution in [1.29, 1.82) is 5.26 Å². The molecule has 0 unspecified atom stereocenters. The van der Waals surface area contributed by atoms with Crippen molar-refractivity contribution in [3.8, 4) is 17.7 Å². The fourth-order valence-corrected chi connectivity index (χ4v) is 2.78. The first-order valence-corrected chi connectivity index (χ1v) is 7.15. The molecule has 3 rings (SSSR count). The summed E-state index contributed by atoms with van der Waals surface area (Å²) < 4.78 is 5.85. The highest BCUT2D eigenvalue weighted by Gasteiger charge is 2.12. The number of rotatable bonds is 3. The summed E-state index contributed by atoms with van der Waals surface area (Å²) in [4.78, 5) is 10.8. The molecule has 0 aliphatic heterocycles. The molecule has 0 spiro atoms. The lowest BCUT2D eigenvalue weighted by molar-refractivity contribution is 0.469. The number of aryl methyl sites for hydroxylation is 1. The topological polar surface area (TPSA) is 70.8 Å². The van der Waals surface area contributed by atoms with E-state index < -0.39 is 0 Å². The highest BCUT2D eigenvalue weighted by Crippen LogP contribution is 2.33. The fourth-order valence-electron chi connectivity index (χ4n) is 1.91. The maximum atomic E-state index is 8.81. The lowest BCUT2D eigenvalue weighted by atomic mass is 10.2. The van der Waals surface area contributed by atoms with E-state index in [0.29, 0.717) is 23.1 Å². The summed E-state index contributed by atoms with van der Waals surface area (Å²) >= 11 is 1.60. The molecule has 1 N–H and O–H groups in total. The third kappa shape index (κ3) is 2.64. The van der Waals surface area contributed by atoms with E-state index in [0.717, 1.165) is 15.1 Å². The average Bonchev–Trinajstić information content (AvgIpc) is 2.88. The highest BCUT2D eigenvalue weighted by molar-refractivity contribution is 7.18. The molecule has 0 aliphatic rings. The number of ether oxygens (including phenoxy) is 1. The molecule has 104 valence electrons. The molecular formula is C15H12N4OS. The number of nitriles is 1. The number of nitrogens with zero attached hydrogens (tertiary/aromatic N) is 3. The Morgan fingerprint density at radius 2 is 2.00 bits per heavy atom. The molecule has 2 heterocycles. The molecule has 0 saturated carbocycles. The summed E-state index contributed by atoms with van der Waals surface area (Å²) in [6.45, 7) is 2.02. The van der Waals surface area contributed by atoms with Gasteiger partial charge in [0.05, 0.1) is 17.0 Å². The van der Waals surface area contributed by atoms with Crippen LogP contribution in [0.1, 0.15) is 10.4 Å². The third-order valence-electron chi connectivity index (χ3n) is 2.90.